The minimum absolute atomic E-state index is 0.0181. The molecule has 0 aliphatic carbocycles. The first-order valence-electron chi connectivity index (χ1n) is 6.29. The third kappa shape index (κ3) is 2.84. The second-order valence-electron chi connectivity index (χ2n) is 4.68. The molecule has 0 aliphatic heterocycles. The predicted molar refractivity (Wildman–Crippen MR) is 83.0 cm³/mol. The molecule has 0 fully saturated rings. The lowest BCUT2D eigenvalue weighted by molar-refractivity contribution is 0.584. The Bertz CT molecular complexity index is 780. The normalized spacial score (nSPS) is 12.6. The zero-order valence-corrected chi connectivity index (χ0v) is 12.6. The molecule has 2 nitrogen and oxygen atoms in total. The van der Waals surface area contributed by atoms with E-state index in [1.807, 2.05) is 24.4 Å². The van der Waals surface area contributed by atoms with E-state index in [4.69, 9.17) is 11.6 Å². The number of fused-ring (bicyclic) bond motifs is 1. The Balaban J connectivity index is 1.90. The van der Waals surface area contributed by atoms with Gasteiger partial charge in [-0.05, 0) is 36.1 Å². The topological polar surface area (TPSA) is 24.9 Å². The molecule has 3 rings (SSSR count). The van der Waals surface area contributed by atoms with Gasteiger partial charge in [0.1, 0.15) is 5.82 Å². The van der Waals surface area contributed by atoms with Gasteiger partial charge in [0.15, 0.2) is 5.82 Å². The molecule has 3 aromatic rings. The van der Waals surface area contributed by atoms with Gasteiger partial charge in [0.25, 0.3) is 0 Å². The van der Waals surface area contributed by atoms with Crippen molar-refractivity contribution >= 4 is 38.8 Å². The summed E-state index contributed by atoms with van der Waals surface area (Å²) in [6.45, 7) is 1.87. The molecule has 1 unspecified atom stereocenters. The van der Waals surface area contributed by atoms with Gasteiger partial charge in [0, 0.05) is 12.3 Å². The quantitative estimate of drug-likeness (QED) is 0.697. The van der Waals surface area contributed by atoms with Crippen LogP contribution in [0.25, 0.3) is 10.2 Å². The summed E-state index contributed by atoms with van der Waals surface area (Å²) in [4.78, 5) is 4.35. The van der Waals surface area contributed by atoms with Crippen molar-refractivity contribution in [2.45, 2.75) is 13.0 Å². The van der Waals surface area contributed by atoms with Gasteiger partial charge in [-0.1, -0.05) is 11.6 Å². The molecule has 0 aliphatic rings. The van der Waals surface area contributed by atoms with Crippen LogP contribution < -0.4 is 5.32 Å². The third-order valence-electron chi connectivity index (χ3n) is 3.19. The maximum atomic E-state index is 13.8. The highest BCUT2D eigenvalue weighted by atomic mass is 35.5. The van der Waals surface area contributed by atoms with Crippen LogP contribution in [-0.2, 0) is 0 Å². The van der Waals surface area contributed by atoms with E-state index in [0.717, 1.165) is 27.9 Å². The van der Waals surface area contributed by atoms with E-state index < -0.39 is 11.6 Å². The van der Waals surface area contributed by atoms with E-state index in [1.165, 1.54) is 0 Å². The number of pyridine rings is 1. The number of hydrogen-bond acceptors (Lipinski definition) is 3. The maximum Gasteiger partial charge on any atom is 0.150 e. The lowest BCUT2D eigenvalue weighted by Gasteiger charge is -2.17. The van der Waals surface area contributed by atoms with Gasteiger partial charge in [0.2, 0.25) is 0 Å². The average molecular weight is 325 g/mol. The first kappa shape index (κ1) is 14.2. The predicted octanol–water partition coefficient (Wildman–Crippen LogP) is 5.40. The molecule has 1 aromatic carbocycles. The number of benzene rings is 1. The molecule has 0 saturated carbocycles. The fraction of sp³-hybridized carbons (Fsp3) is 0.133. The smallest absolute Gasteiger partial charge is 0.150 e. The monoisotopic (exact) mass is 324 g/mol. The molecule has 0 radical (unpaired) electrons. The van der Waals surface area contributed by atoms with Gasteiger partial charge in [-0.15, -0.1) is 11.3 Å². The number of hydrogen-bond donors (Lipinski definition) is 1. The van der Waals surface area contributed by atoms with Crippen LogP contribution in [0.3, 0.4) is 0 Å². The second kappa shape index (κ2) is 5.58. The summed E-state index contributed by atoms with van der Waals surface area (Å²) in [7, 11) is 0. The minimum atomic E-state index is -0.711. The van der Waals surface area contributed by atoms with E-state index in [-0.39, 0.29) is 16.8 Å². The fourth-order valence-electron chi connectivity index (χ4n) is 2.08. The minimum Gasteiger partial charge on any atom is -0.375 e. The molecule has 2 heterocycles. The van der Waals surface area contributed by atoms with Crippen LogP contribution in [0.5, 0.6) is 0 Å². The highest BCUT2D eigenvalue weighted by molar-refractivity contribution is 7.17. The first-order valence-corrected chi connectivity index (χ1v) is 7.54. The molecule has 21 heavy (non-hydrogen) atoms. The van der Waals surface area contributed by atoms with Crippen molar-refractivity contribution < 1.29 is 8.78 Å². The largest absolute Gasteiger partial charge is 0.375 e. The molecule has 108 valence electrons. The van der Waals surface area contributed by atoms with E-state index in [1.54, 1.807) is 17.5 Å². The summed E-state index contributed by atoms with van der Waals surface area (Å²) in [6, 6.07) is 5.63. The van der Waals surface area contributed by atoms with Crippen LogP contribution in [0.4, 0.5) is 14.5 Å². The summed E-state index contributed by atoms with van der Waals surface area (Å²) in [5.41, 5.74) is 1.93. The van der Waals surface area contributed by atoms with Gasteiger partial charge in [-0.3, -0.25) is 4.98 Å². The van der Waals surface area contributed by atoms with Gasteiger partial charge >= 0.3 is 0 Å². The number of aromatic nitrogens is 1. The highest BCUT2D eigenvalue weighted by Crippen LogP contribution is 2.31. The van der Waals surface area contributed by atoms with Crippen LogP contribution in [0.1, 0.15) is 18.5 Å². The van der Waals surface area contributed by atoms with Crippen molar-refractivity contribution in [1.29, 1.82) is 0 Å². The van der Waals surface area contributed by atoms with Crippen molar-refractivity contribution in [2.24, 2.45) is 0 Å². The Morgan fingerprint density at radius 1 is 1.29 bits per heavy atom. The van der Waals surface area contributed by atoms with E-state index >= 15 is 0 Å². The number of thiophene rings is 1. The Morgan fingerprint density at radius 2 is 2.10 bits per heavy atom. The lowest BCUT2D eigenvalue weighted by Crippen LogP contribution is -2.09. The fourth-order valence-corrected chi connectivity index (χ4v) is 3.12. The average Bonchev–Trinajstić information content (AvgIpc) is 2.89. The van der Waals surface area contributed by atoms with Gasteiger partial charge in [-0.25, -0.2) is 8.78 Å². The number of nitrogens with one attached hydrogen (secondary N) is 1. The Kier molecular flexibility index (Phi) is 3.78. The van der Waals surface area contributed by atoms with Gasteiger partial charge in [-0.2, -0.15) is 0 Å². The molecule has 1 N–H and O–H groups in total. The van der Waals surface area contributed by atoms with Crippen molar-refractivity contribution in [1.82, 2.24) is 4.98 Å². The standard InChI is InChI=1S/C15H11ClF2N2S/c1-8(9-4-14-13(19-7-9)2-3-21-14)20-15-11(16)5-10(17)6-12(15)18/h2-8,20H,1H3. The van der Waals surface area contributed by atoms with Crippen molar-refractivity contribution in [3.05, 3.63) is 58.1 Å². The Labute approximate surface area is 129 Å². The SMILES string of the molecule is CC(Nc1c(F)cc(F)cc1Cl)c1cnc2ccsc2c1. The Hall–Kier alpha value is -1.72. The van der Waals surface area contributed by atoms with Crippen LogP contribution in [0, 0.1) is 11.6 Å². The number of halogens is 3. The van der Waals surface area contributed by atoms with Crippen molar-refractivity contribution in [3.63, 3.8) is 0 Å². The zero-order valence-electron chi connectivity index (χ0n) is 11.0. The lowest BCUT2D eigenvalue weighted by atomic mass is 10.1. The van der Waals surface area contributed by atoms with Crippen molar-refractivity contribution in [3.8, 4) is 0 Å². The van der Waals surface area contributed by atoms with Crippen LogP contribution >= 0.6 is 22.9 Å². The second-order valence-corrected chi connectivity index (χ2v) is 6.04. The molecule has 6 heteroatoms. The number of anilines is 1. The summed E-state index contributed by atoms with van der Waals surface area (Å²) in [6.07, 6.45) is 1.74. The first-order chi connectivity index (χ1) is 10.0. The number of rotatable bonds is 3. The molecule has 0 amide bonds. The van der Waals surface area contributed by atoms with Crippen LogP contribution in [0.2, 0.25) is 5.02 Å². The molecule has 1 atom stereocenters. The zero-order chi connectivity index (χ0) is 15.0. The molecular weight excluding hydrogens is 314 g/mol. The summed E-state index contributed by atoms with van der Waals surface area (Å²) in [5.74, 6) is -1.41. The molecular formula is C15H11ClF2N2S. The third-order valence-corrected chi connectivity index (χ3v) is 4.34. The van der Waals surface area contributed by atoms with E-state index in [0.29, 0.717) is 0 Å². The van der Waals surface area contributed by atoms with E-state index in [2.05, 4.69) is 10.3 Å². The maximum absolute atomic E-state index is 13.8. The molecule has 2 aromatic heterocycles. The highest BCUT2D eigenvalue weighted by Gasteiger charge is 2.14. The van der Waals surface area contributed by atoms with Crippen LogP contribution in [0.15, 0.2) is 35.8 Å². The number of nitrogens with zero attached hydrogens (tertiary/aromatic N) is 1. The summed E-state index contributed by atoms with van der Waals surface area (Å²) in [5, 5.41) is 4.96. The molecule has 0 saturated heterocycles. The van der Waals surface area contributed by atoms with E-state index in [9.17, 15) is 8.78 Å². The van der Waals surface area contributed by atoms with Crippen molar-refractivity contribution in [2.75, 3.05) is 5.32 Å². The van der Waals surface area contributed by atoms with Crippen LogP contribution in [-0.4, -0.2) is 4.98 Å². The van der Waals surface area contributed by atoms with Gasteiger partial charge < -0.3 is 5.32 Å². The Morgan fingerprint density at radius 3 is 2.86 bits per heavy atom. The van der Waals surface area contributed by atoms with Gasteiger partial charge in [0.05, 0.1) is 27.0 Å². The molecule has 0 bridgehead atoms. The molecule has 0 spiro atoms. The summed E-state index contributed by atoms with van der Waals surface area (Å²) >= 11 is 7.48. The summed E-state index contributed by atoms with van der Waals surface area (Å²) < 4.78 is 27.9.